The summed E-state index contributed by atoms with van der Waals surface area (Å²) >= 11 is 0. The molecule has 1 amide bonds. The standard InChI is InChI=1S/C21H25N5O4S/c27-14-13-24-9-11-26(12-10-24)31(29,30)19-4-1-17(2-5-19)15-23-21(28)18-3-6-20-22-7-8-25(20)16-18/h1-8,16,27H,9-15H2,(H,23,28). The molecule has 10 heteroatoms. The maximum atomic E-state index is 12.9. The normalized spacial score (nSPS) is 15.9. The molecule has 164 valence electrons. The summed E-state index contributed by atoms with van der Waals surface area (Å²) in [5.41, 5.74) is 2.09. The van der Waals surface area contributed by atoms with E-state index < -0.39 is 10.0 Å². The van der Waals surface area contributed by atoms with Crippen LogP contribution in [0.4, 0.5) is 0 Å². The van der Waals surface area contributed by atoms with Crippen LogP contribution in [0.25, 0.3) is 5.65 Å². The molecule has 0 aliphatic carbocycles. The molecule has 0 saturated carbocycles. The van der Waals surface area contributed by atoms with E-state index in [1.165, 1.54) is 4.31 Å². The first-order chi connectivity index (χ1) is 15.0. The van der Waals surface area contributed by atoms with Gasteiger partial charge >= 0.3 is 0 Å². The van der Waals surface area contributed by atoms with Crippen molar-refractivity contribution in [3.63, 3.8) is 0 Å². The number of nitrogens with zero attached hydrogens (tertiary/aromatic N) is 4. The summed E-state index contributed by atoms with van der Waals surface area (Å²) < 4.78 is 29.0. The number of sulfonamides is 1. The van der Waals surface area contributed by atoms with Crippen LogP contribution in [0, 0.1) is 0 Å². The third-order valence-electron chi connectivity index (χ3n) is 5.41. The van der Waals surface area contributed by atoms with E-state index in [-0.39, 0.29) is 17.4 Å². The summed E-state index contributed by atoms with van der Waals surface area (Å²) in [5.74, 6) is -0.215. The highest BCUT2D eigenvalue weighted by molar-refractivity contribution is 7.89. The number of β-amino-alcohol motifs (C(OH)–C–C–N with tert-alkyl or cyclic N) is 1. The van der Waals surface area contributed by atoms with Crippen LogP contribution in [0.2, 0.25) is 0 Å². The van der Waals surface area contributed by atoms with Gasteiger partial charge in [0.25, 0.3) is 5.91 Å². The van der Waals surface area contributed by atoms with Gasteiger partial charge in [-0.15, -0.1) is 0 Å². The molecule has 1 saturated heterocycles. The van der Waals surface area contributed by atoms with Gasteiger partial charge < -0.3 is 14.8 Å². The molecular weight excluding hydrogens is 418 g/mol. The molecule has 2 N–H and O–H groups in total. The number of carbonyl (C=O) groups is 1. The van der Waals surface area contributed by atoms with E-state index in [1.807, 2.05) is 4.90 Å². The monoisotopic (exact) mass is 443 g/mol. The molecule has 1 fully saturated rings. The Kier molecular flexibility index (Phi) is 6.33. The van der Waals surface area contributed by atoms with Gasteiger partial charge in [0.2, 0.25) is 10.0 Å². The number of piperazine rings is 1. The number of pyridine rings is 1. The number of aliphatic hydroxyl groups excluding tert-OH is 1. The number of hydrogen-bond donors (Lipinski definition) is 2. The van der Waals surface area contributed by atoms with E-state index in [1.54, 1.807) is 59.4 Å². The molecule has 1 aromatic carbocycles. The molecule has 1 aliphatic heterocycles. The number of aromatic nitrogens is 2. The van der Waals surface area contributed by atoms with Gasteiger partial charge in [-0.3, -0.25) is 9.69 Å². The third kappa shape index (κ3) is 4.77. The number of fused-ring (bicyclic) bond motifs is 1. The smallest absolute Gasteiger partial charge is 0.253 e. The summed E-state index contributed by atoms with van der Waals surface area (Å²) in [6.07, 6.45) is 5.16. The Labute approximate surface area is 181 Å². The van der Waals surface area contributed by atoms with Crippen LogP contribution in [0.1, 0.15) is 15.9 Å². The fourth-order valence-electron chi connectivity index (χ4n) is 3.60. The van der Waals surface area contributed by atoms with Crippen molar-refractivity contribution < 1.29 is 18.3 Å². The predicted molar refractivity (Wildman–Crippen MR) is 115 cm³/mol. The number of hydrogen-bond acceptors (Lipinski definition) is 6. The quantitative estimate of drug-likeness (QED) is 0.553. The van der Waals surface area contributed by atoms with E-state index in [0.717, 1.165) is 11.2 Å². The van der Waals surface area contributed by atoms with Crippen molar-refractivity contribution in [1.29, 1.82) is 0 Å². The number of benzene rings is 1. The molecule has 3 heterocycles. The van der Waals surface area contributed by atoms with Gasteiger partial charge in [0, 0.05) is 57.9 Å². The Morgan fingerprint density at radius 3 is 2.52 bits per heavy atom. The Balaban J connectivity index is 1.36. The third-order valence-corrected chi connectivity index (χ3v) is 7.33. The first-order valence-corrected chi connectivity index (χ1v) is 11.5. The lowest BCUT2D eigenvalue weighted by atomic mass is 10.2. The molecule has 2 aromatic heterocycles. The second-order valence-corrected chi connectivity index (χ2v) is 9.34. The zero-order valence-corrected chi connectivity index (χ0v) is 17.8. The second-order valence-electron chi connectivity index (χ2n) is 7.41. The summed E-state index contributed by atoms with van der Waals surface area (Å²) in [4.78, 5) is 18.9. The van der Waals surface area contributed by atoms with Crippen molar-refractivity contribution in [2.45, 2.75) is 11.4 Å². The molecule has 9 nitrogen and oxygen atoms in total. The van der Waals surface area contributed by atoms with E-state index in [9.17, 15) is 13.2 Å². The number of imidazole rings is 1. The van der Waals surface area contributed by atoms with Crippen LogP contribution in [0.15, 0.2) is 59.9 Å². The molecular formula is C21H25N5O4S. The fraction of sp³-hybridized carbons (Fsp3) is 0.333. The Bertz CT molecular complexity index is 1150. The molecule has 4 rings (SSSR count). The SMILES string of the molecule is O=C(NCc1ccc(S(=O)(=O)N2CCN(CCO)CC2)cc1)c1ccc2nccn2c1. The highest BCUT2D eigenvalue weighted by Gasteiger charge is 2.28. The summed E-state index contributed by atoms with van der Waals surface area (Å²) in [5, 5.41) is 11.9. The summed E-state index contributed by atoms with van der Waals surface area (Å²) in [6.45, 7) is 2.95. The number of aliphatic hydroxyl groups is 1. The van der Waals surface area contributed by atoms with Gasteiger partial charge in [0.15, 0.2) is 0 Å². The first kappa shape index (κ1) is 21.4. The number of carbonyl (C=O) groups excluding carboxylic acids is 1. The highest BCUT2D eigenvalue weighted by atomic mass is 32.2. The predicted octanol–water partition coefficient (Wildman–Crippen LogP) is 0.563. The lowest BCUT2D eigenvalue weighted by Crippen LogP contribution is -2.49. The minimum absolute atomic E-state index is 0.0723. The minimum atomic E-state index is -3.56. The van der Waals surface area contributed by atoms with E-state index in [4.69, 9.17) is 5.11 Å². The number of amides is 1. The van der Waals surface area contributed by atoms with Crippen molar-refractivity contribution >= 4 is 21.6 Å². The molecule has 0 bridgehead atoms. The van der Waals surface area contributed by atoms with Crippen LogP contribution in [-0.4, -0.2) is 77.4 Å². The zero-order chi connectivity index (χ0) is 21.8. The second kappa shape index (κ2) is 9.15. The van der Waals surface area contributed by atoms with Gasteiger partial charge in [-0.2, -0.15) is 4.31 Å². The molecule has 31 heavy (non-hydrogen) atoms. The van der Waals surface area contributed by atoms with Gasteiger partial charge in [-0.25, -0.2) is 13.4 Å². The van der Waals surface area contributed by atoms with Gasteiger partial charge in [-0.1, -0.05) is 12.1 Å². The summed E-state index contributed by atoms with van der Waals surface area (Å²) in [7, 11) is -3.56. The van der Waals surface area contributed by atoms with Crippen molar-refractivity contribution in [2.24, 2.45) is 0 Å². The summed E-state index contributed by atoms with van der Waals surface area (Å²) in [6, 6.07) is 10.1. The first-order valence-electron chi connectivity index (χ1n) is 10.1. The molecule has 0 spiro atoms. The topological polar surface area (TPSA) is 107 Å². The van der Waals surface area contributed by atoms with Crippen molar-refractivity contribution in [1.82, 2.24) is 23.9 Å². The average molecular weight is 444 g/mol. The maximum Gasteiger partial charge on any atom is 0.253 e. The Morgan fingerprint density at radius 2 is 1.81 bits per heavy atom. The van der Waals surface area contributed by atoms with Gasteiger partial charge in [0.1, 0.15) is 5.65 Å². The molecule has 1 aliphatic rings. The molecule has 0 atom stereocenters. The number of rotatable bonds is 7. The Morgan fingerprint density at radius 1 is 1.06 bits per heavy atom. The lowest BCUT2D eigenvalue weighted by molar-refractivity contribution is 0.0950. The van der Waals surface area contributed by atoms with Crippen LogP contribution < -0.4 is 5.32 Å². The Hall–Kier alpha value is -2.79. The fourth-order valence-corrected chi connectivity index (χ4v) is 5.02. The van der Waals surface area contributed by atoms with Crippen molar-refractivity contribution in [2.75, 3.05) is 39.3 Å². The zero-order valence-electron chi connectivity index (χ0n) is 17.0. The van der Waals surface area contributed by atoms with Crippen LogP contribution in [0.5, 0.6) is 0 Å². The largest absolute Gasteiger partial charge is 0.395 e. The van der Waals surface area contributed by atoms with E-state index >= 15 is 0 Å². The molecule has 0 unspecified atom stereocenters. The van der Waals surface area contributed by atoms with Crippen LogP contribution in [-0.2, 0) is 16.6 Å². The van der Waals surface area contributed by atoms with Crippen molar-refractivity contribution in [3.05, 3.63) is 66.1 Å². The highest BCUT2D eigenvalue weighted by Crippen LogP contribution is 2.18. The number of nitrogens with one attached hydrogen (secondary N) is 1. The molecule has 3 aromatic rings. The van der Waals surface area contributed by atoms with Crippen molar-refractivity contribution in [3.8, 4) is 0 Å². The van der Waals surface area contributed by atoms with Gasteiger partial charge in [-0.05, 0) is 29.8 Å². The average Bonchev–Trinajstić information content (AvgIpc) is 3.26. The van der Waals surface area contributed by atoms with Gasteiger partial charge in [0.05, 0.1) is 17.1 Å². The molecule has 0 radical (unpaired) electrons. The van der Waals surface area contributed by atoms with E-state index in [2.05, 4.69) is 10.3 Å². The van der Waals surface area contributed by atoms with Crippen LogP contribution in [0.3, 0.4) is 0 Å². The lowest BCUT2D eigenvalue weighted by Gasteiger charge is -2.33. The van der Waals surface area contributed by atoms with E-state index in [0.29, 0.717) is 44.8 Å². The minimum Gasteiger partial charge on any atom is -0.395 e. The maximum absolute atomic E-state index is 12.9. The van der Waals surface area contributed by atoms with Crippen LogP contribution >= 0.6 is 0 Å².